The first-order chi connectivity index (χ1) is 10.4. The van der Waals surface area contributed by atoms with Gasteiger partial charge in [0.25, 0.3) is 0 Å². The Morgan fingerprint density at radius 2 is 2.18 bits per heavy atom. The average molecular weight is 302 g/mol. The zero-order valence-corrected chi connectivity index (χ0v) is 13.9. The summed E-state index contributed by atoms with van der Waals surface area (Å²) in [6.45, 7) is 9.26. The summed E-state index contributed by atoms with van der Waals surface area (Å²) in [5.41, 5.74) is 2.23. The smallest absolute Gasteiger partial charge is 0.227 e. The molecule has 1 saturated carbocycles. The van der Waals surface area contributed by atoms with E-state index in [1.807, 2.05) is 12.1 Å². The molecule has 1 amide bonds. The highest BCUT2D eigenvalue weighted by atomic mass is 16.3. The molecule has 1 aromatic heterocycles. The standard InChI is InChI=1S/C18H26N2O2/c1-13(2)10-15-16(18(15,3)4)17(22)20(8-9-21)12-14-6-5-7-19-11-14/h5-7,10-11,15-16,21H,8-9,12H2,1-4H3. The van der Waals surface area contributed by atoms with Crippen LogP contribution >= 0.6 is 0 Å². The van der Waals surface area contributed by atoms with Crippen LogP contribution in [0.15, 0.2) is 36.2 Å². The van der Waals surface area contributed by atoms with Gasteiger partial charge >= 0.3 is 0 Å². The summed E-state index contributed by atoms with van der Waals surface area (Å²) >= 11 is 0. The van der Waals surface area contributed by atoms with Crippen LogP contribution in [0.2, 0.25) is 0 Å². The van der Waals surface area contributed by atoms with E-state index >= 15 is 0 Å². The first kappa shape index (κ1) is 16.7. The number of hydrogen-bond donors (Lipinski definition) is 1. The fraction of sp³-hybridized carbons (Fsp3) is 0.556. The van der Waals surface area contributed by atoms with Gasteiger partial charge in [-0.15, -0.1) is 0 Å². The van der Waals surface area contributed by atoms with Crippen LogP contribution in [0.1, 0.15) is 33.3 Å². The number of aliphatic hydroxyl groups is 1. The van der Waals surface area contributed by atoms with Crippen molar-refractivity contribution < 1.29 is 9.90 Å². The van der Waals surface area contributed by atoms with Gasteiger partial charge in [0, 0.05) is 25.5 Å². The molecule has 1 N–H and O–H groups in total. The van der Waals surface area contributed by atoms with Crippen molar-refractivity contribution in [2.75, 3.05) is 13.2 Å². The van der Waals surface area contributed by atoms with Crippen LogP contribution in [-0.2, 0) is 11.3 Å². The van der Waals surface area contributed by atoms with E-state index in [-0.39, 0.29) is 23.8 Å². The van der Waals surface area contributed by atoms with Crippen molar-refractivity contribution in [3.63, 3.8) is 0 Å². The van der Waals surface area contributed by atoms with Crippen molar-refractivity contribution in [3.8, 4) is 0 Å². The monoisotopic (exact) mass is 302 g/mol. The van der Waals surface area contributed by atoms with E-state index in [0.717, 1.165) is 5.56 Å². The molecule has 0 aliphatic heterocycles. The lowest BCUT2D eigenvalue weighted by molar-refractivity contribution is -0.134. The molecule has 0 radical (unpaired) electrons. The summed E-state index contributed by atoms with van der Waals surface area (Å²) in [5.74, 6) is 0.427. The molecule has 4 nitrogen and oxygen atoms in total. The molecular formula is C18H26N2O2. The van der Waals surface area contributed by atoms with Gasteiger partial charge < -0.3 is 10.0 Å². The van der Waals surface area contributed by atoms with Crippen LogP contribution in [0, 0.1) is 17.3 Å². The molecule has 1 aromatic rings. The van der Waals surface area contributed by atoms with E-state index in [1.54, 1.807) is 17.3 Å². The number of aliphatic hydroxyl groups excluding tert-OH is 1. The van der Waals surface area contributed by atoms with Gasteiger partial charge in [-0.25, -0.2) is 0 Å². The highest BCUT2D eigenvalue weighted by molar-refractivity contribution is 5.83. The molecule has 1 heterocycles. The van der Waals surface area contributed by atoms with E-state index in [1.165, 1.54) is 5.57 Å². The van der Waals surface area contributed by atoms with Crippen LogP contribution in [0.5, 0.6) is 0 Å². The van der Waals surface area contributed by atoms with E-state index < -0.39 is 0 Å². The minimum atomic E-state index is -0.0214. The Labute approximate surface area is 132 Å². The van der Waals surface area contributed by atoms with Crippen molar-refractivity contribution >= 4 is 5.91 Å². The number of pyridine rings is 1. The molecule has 0 aromatic carbocycles. The Hall–Kier alpha value is -1.68. The van der Waals surface area contributed by atoms with Gasteiger partial charge in [0.05, 0.1) is 12.5 Å². The third-order valence-electron chi connectivity index (χ3n) is 4.47. The third kappa shape index (κ3) is 3.55. The molecule has 0 saturated heterocycles. The molecular weight excluding hydrogens is 276 g/mol. The summed E-state index contributed by atoms with van der Waals surface area (Å²) in [6, 6.07) is 3.82. The van der Waals surface area contributed by atoms with Crippen molar-refractivity contribution in [1.29, 1.82) is 0 Å². The Morgan fingerprint density at radius 3 is 2.73 bits per heavy atom. The molecule has 1 aliphatic carbocycles. The van der Waals surface area contributed by atoms with Gasteiger partial charge in [0.15, 0.2) is 0 Å². The minimum Gasteiger partial charge on any atom is -0.395 e. The Bertz CT molecular complexity index is 547. The number of aromatic nitrogens is 1. The Balaban J connectivity index is 2.12. The normalized spacial score (nSPS) is 22.0. The van der Waals surface area contributed by atoms with E-state index in [4.69, 9.17) is 0 Å². The summed E-state index contributed by atoms with van der Waals surface area (Å²) in [7, 11) is 0. The second kappa shape index (κ2) is 6.61. The topological polar surface area (TPSA) is 53.4 Å². The zero-order valence-electron chi connectivity index (χ0n) is 13.9. The lowest BCUT2D eigenvalue weighted by atomic mass is 10.1. The summed E-state index contributed by atoms with van der Waals surface area (Å²) in [5, 5.41) is 9.29. The molecule has 2 atom stereocenters. The van der Waals surface area contributed by atoms with Gasteiger partial charge in [-0.05, 0) is 36.8 Å². The SMILES string of the molecule is CC(C)=CC1C(C(=O)N(CCO)Cc2cccnc2)C1(C)C. The van der Waals surface area contributed by atoms with E-state index in [2.05, 4.69) is 38.8 Å². The van der Waals surface area contributed by atoms with Gasteiger partial charge in [0.2, 0.25) is 5.91 Å². The molecule has 1 fully saturated rings. The Kier molecular flexibility index (Phi) is 5.01. The van der Waals surface area contributed by atoms with Gasteiger partial charge in [0.1, 0.15) is 0 Å². The average Bonchev–Trinajstić information content (AvgIpc) is 2.99. The number of hydrogen-bond acceptors (Lipinski definition) is 3. The fourth-order valence-corrected chi connectivity index (χ4v) is 3.12. The molecule has 2 unspecified atom stereocenters. The summed E-state index contributed by atoms with van der Waals surface area (Å²) < 4.78 is 0. The highest BCUT2D eigenvalue weighted by Crippen LogP contribution is 2.60. The largest absolute Gasteiger partial charge is 0.395 e. The molecule has 2 rings (SSSR count). The molecule has 22 heavy (non-hydrogen) atoms. The van der Waals surface area contributed by atoms with E-state index in [0.29, 0.717) is 19.0 Å². The number of rotatable bonds is 6. The predicted molar refractivity (Wildman–Crippen MR) is 86.9 cm³/mol. The number of carbonyl (C=O) groups excluding carboxylic acids is 1. The number of amides is 1. The third-order valence-corrected chi connectivity index (χ3v) is 4.47. The molecule has 0 spiro atoms. The fourth-order valence-electron chi connectivity index (χ4n) is 3.12. The van der Waals surface area contributed by atoms with Crippen molar-refractivity contribution in [2.45, 2.75) is 34.2 Å². The number of allylic oxidation sites excluding steroid dienone is 2. The molecule has 4 heteroatoms. The Morgan fingerprint density at radius 1 is 1.45 bits per heavy atom. The van der Waals surface area contributed by atoms with Crippen LogP contribution in [-0.4, -0.2) is 34.0 Å². The maximum Gasteiger partial charge on any atom is 0.227 e. The molecule has 120 valence electrons. The highest BCUT2D eigenvalue weighted by Gasteiger charge is 2.61. The van der Waals surface area contributed by atoms with E-state index in [9.17, 15) is 9.90 Å². The molecule has 1 aliphatic rings. The van der Waals surface area contributed by atoms with Gasteiger partial charge in [-0.1, -0.05) is 31.6 Å². The molecule has 0 bridgehead atoms. The van der Waals surface area contributed by atoms with Crippen LogP contribution in [0.4, 0.5) is 0 Å². The zero-order chi connectivity index (χ0) is 16.3. The summed E-state index contributed by atoms with van der Waals surface area (Å²) in [4.78, 5) is 18.7. The van der Waals surface area contributed by atoms with Gasteiger partial charge in [-0.3, -0.25) is 9.78 Å². The summed E-state index contributed by atoms with van der Waals surface area (Å²) in [6.07, 6.45) is 5.68. The predicted octanol–water partition coefficient (Wildman–Crippen LogP) is 2.64. The lowest BCUT2D eigenvalue weighted by Crippen LogP contribution is -2.35. The first-order valence-electron chi connectivity index (χ1n) is 7.81. The maximum absolute atomic E-state index is 12.9. The van der Waals surface area contributed by atoms with Crippen molar-refractivity contribution in [1.82, 2.24) is 9.88 Å². The van der Waals surface area contributed by atoms with Crippen molar-refractivity contribution in [2.24, 2.45) is 17.3 Å². The van der Waals surface area contributed by atoms with Crippen LogP contribution in [0.25, 0.3) is 0 Å². The van der Waals surface area contributed by atoms with Crippen LogP contribution < -0.4 is 0 Å². The van der Waals surface area contributed by atoms with Crippen molar-refractivity contribution in [3.05, 3.63) is 41.7 Å². The first-order valence-corrected chi connectivity index (χ1v) is 7.81. The minimum absolute atomic E-state index is 0.00298. The second-order valence-electron chi connectivity index (χ2n) is 6.91. The van der Waals surface area contributed by atoms with Gasteiger partial charge in [-0.2, -0.15) is 0 Å². The quantitative estimate of drug-likeness (QED) is 0.822. The van der Waals surface area contributed by atoms with Crippen LogP contribution in [0.3, 0.4) is 0 Å². The second-order valence-corrected chi connectivity index (χ2v) is 6.91. The number of carbonyl (C=O) groups is 1. The lowest BCUT2D eigenvalue weighted by Gasteiger charge is -2.22. The maximum atomic E-state index is 12.9. The number of nitrogens with zero attached hydrogens (tertiary/aromatic N) is 2.